The first-order valence-corrected chi connectivity index (χ1v) is 6.61. The van der Waals surface area contributed by atoms with Gasteiger partial charge < -0.3 is 5.11 Å². The van der Waals surface area contributed by atoms with Crippen molar-refractivity contribution in [2.24, 2.45) is 0 Å². The fraction of sp³-hybridized carbons (Fsp3) is 0.250. The van der Waals surface area contributed by atoms with E-state index in [4.69, 9.17) is 0 Å². The van der Waals surface area contributed by atoms with Crippen LogP contribution in [0.2, 0.25) is 0 Å². The van der Waals surface area contributed by atoms with Crippen LogP contribution in [0.4, 0.5) is 0 Å². The maximum Gasteiger partial charge on any atom is 0.329 e. The molecule has 0 spiro atoms. The second-order valence-electron chi connectivity index (χ2n) is 5.49. The molecule has 1 aromatic heterocycles. The molecule has 6 heteroatoms. The van der Waals surface area contributed by atoms with Crippen LogP contribution in [0.25, 0.3) is 11.3 Å². The van der Waals surface area contributed by atoms with E-state index in [1.54, 1.807) is 12.1 Å². The molecule has 0 saturated carbocycles. The Morgan fingerprint density at radius 3 is 2.41 bits per heavy atom. The number of hydrogen-bond acceptors (Lipinski definition) is 4. The van der Waals surface area contributed by atoms with Crippen molar-refractivity contribution in [3.63, 3.8) is 0 Å². The van der Waals surface area contributed by atoms with Crippen LogP contribution in [-0.4, -0.2) is 20.6 Å². The van der Waals surface area contributed by atoms with Crippen LogP contribution in [0, 0.1) is 18.3 Å². The van der Waals surface area contributed by atoms with Crippen LogP contribution in [0.1, 0.15) is 25.0 Å². The number of benzene rings is 1. The van der Waals surface area contributed by atoms with Crippen molar-refractivity contribution in [1.29, 1.82) is 5.26 Å². The molecule has 0 amide bonds. The number of aromatic nitrogens is 2. The zero-order valence-electron chi connectivity index (χ0n) is 12.5. The predicted molar refractivity (Wildman–Crippen MR) is 80.3 cm³/mol. The number of carboxylic acids is 1. The molecule has 0 aliphatic rings. The van der Waals surface area contributed by atoms with E-state index in [-0.39, 0.29) is 11.3 Å². The molecular formula is C16H15N3O3. The molecule has 112 valence electrons. The van der Waals surface area contributed by atoms with Gasteiger partial charge in [0.2, 0.25) is 0 Å². The summed E-state index contributed by atoms with van der Waals surface area (Å²) in [4.78, 5) is 27.9. The standard InChI is InChI=1S/C16H15N3O3/c1-10-4-6-11(7-5-10)13-12(8-17)14(20)19(9-18-13)16(2,3)15(21)22/h4-7,9H,1-3H3,(H,21,22). The summed E-state index contributed by atoms with van der Waals surface area (Å²) in [5.74, 6) is -1.18. The van der Waals surface area contributed by atoms with E-state index in [1.807, 2.05) is 25.1 Å². The molecule has 1 aromatic carbocycles. The highest BCUT2D eigenvalue weighted by Gasteiger charge is 2.32. The number of nitriles is 1. The number of carboxylic acid groups (broad SMARTS) is 1. The number of aliphatic carboxylic acids is 1. The second-order valence-corrected chi connectivity index (χ2v) is 5.49. The first kappa shape index (κ1) is 15.4. The first-order chi connectivity index (χ1) is 10.3. The third kappa shape index (κ3) is 2.49. The molecule has 0 aliphatic heterocycles. The molecule has 6 nitrogen and oxygen atoms in total. The van der Waals surface area contributed by atoms with Gasteiger partial charge in [0, 0.05) is 5.56 Å². The van der Waals surface area contributed by atoms with E-state index in [9.17, 15) is 20.0 Å². The maximum atomic E-state index is 12.4. The van der Waals surface area contributed by atoms with Gasteiger partial charge in [0.1, 0.15) is 17.2 Å². The van der Waals surface area contributed by atoms with Crippen molar-refractivity contribution in [2.45, 2.75) is 26.3 Å². The molecule has 0 saturated heterocycles. The minimum absolute atomic E-state index is 0.166. The van der Waals surface area contributed by atoms with E-state index in [2.05, 4.69) is 4.98 Å². The zero-order chi connectivity index (χ0) is 16.5. The Morgan fingerprint density at radius 1 is 1.32 bits per heavy atom. The van der Waals surface area contributed by atoms with Crippen molar-refractivity contribution in [3.05, 3.63) is 52.1 Å². The lowest BCUT2D eigenvalue weighted by atomic mass is 10.0. The summed E-state index contributed by atoms with van der Waals surface area (Å²) in [6.45, 7) is 4.69. The molecule has 0 fully saturated rings. The van der Waals surface area contributed by atoms with Crippen molar-refractivity contribution in [2.75, 3.05) is 0 Å². The summed E-state index contributed by atoms with van der Waals surface area (Å²) in [6, 6.07) is 9.08. The lowest BCUT2D eigenvalue weighted by Crippen LogP contribution is -2.43. The van der Waals surface area contributed by atoms with E-state index >= 15 is 0 Å². The van der Waals surface area contributed by atoms with Gasteiger partial charge in [-0.05, 0) is 20.8 Å². The minimum atomic E-state index is -1.48. The third-order valence-corrected chi connectivity index (χ3v) is 3.53. The fourth-order valence-electron chi connectivity index (χ4n) is 1.99. The van der Waals surface area contributed by atoms with Gasteiger partial charge in [0.15, 0.2) is 0 Å². The first-order valence-electron chi connectivity index (χ1n) is 6.61. The molecule has 22 heavy (non-hydrogen) atoms. The summed E-state index contributed by atoms with van der Waals surface area (Å²) in [7, 11) is 0. The number of hydrogen-bond donors (Lipinski definition) is 1. The van der Waals surface area contributed by atoms with Crippen LogP contribution >= 0.6 is 0 Å². The molecule has 0 atom stereocenters. The van der Waals surface area contributed by atoms with Crippen LogP contribution in [0.15, 0.2) is 35.4 Å². The molecule has 1 N–H and O–H groups in total. The lowest BCUT2D eigenvalue weighted by Gasteiger charge is -2.22. The predicted octanol–water partition coefficient (Wildman–Crippen LogP) is 1.91. The lowest BCUT2D eigenvalue weighted by molar-refractivity contribution is -0.145. The van der Waals surface area contributed by atoms with Gasteiger partial charge in [-0.15, -0.1) is 0 Å². The van der Waals surface area contributed by atoms with Crippen molar-refractivity contribution in [3.8, 4) is 17.3 Å². The SMILES string of the molecule is Cc1ccc(-c2ncn(C(C)(C)C(=O)O)c(=O)c2C#N)cc1. The van der Waals surface area contributed by atoms with Gasteiger partial charge in [-0.2, -0.15) is 5.26 Å². The molecule has 0 radical (unpaired) electrons. The third-order valence-electron chi connectivity index (χ3n) is 3.53. The molecule has 1 heterocycles. The normalized spacial score (nSPS) is 11.0. The van der Waals surface area contributed by atoms with Gasteiger partial charge >= 0.3 is 5.97 Å². The molecule has 0 aliphatic carbocycles. The van der Waals surface area contributed by atoms with Crippen LogP contribution in [0.3, 0.4) is 0 Å². The Hall–Kier alpha value is -2.94. The highest BCUT2D eigenvalue weighted by atomic mass is 16.4. The average Bonchev–Trinajstić information content (AvgIpc) is 2.47. The van der Waals surface area contributed by atoms with Gasteiger partial charge in [0.05, 0.1) is 12.0 Å². The Balaban J connectivity index is 2.70. The Labute approximate surface area is 127 Å². The summed E-state index contributed by atoms with van der Waals surface area (Å²) in [5, 5.41) is 18.5. The van der Waals surface area contributed by atoms with Crippen LogP contribution in [-0.2, 0) is 10.3 Å². The highest BCUT2D eigenvalue weighted by Crippen LogP contribution is 2.21. The summed E-state index contributed by atoms with van der Waals surface area (Å²) >= 11 is 0. The molecule has 0 bridgehead atoms. The van der Waals surface area contributed by atoms with Crippen molar-refractivity contribution < 1.29 is 9.90 Å². The van der Waals surface area contributed by atoms with Crippen LogP contribution in [0.5, 0.6) is 0 Å². The van der Waals surface area contributed by atoms with Gasteiger partial charge in [-0.25, -0.2) is 9.78 Å². The summed E-state index contributed by atoms with van der Waals surface area (Å²) < 4.78 is 0.964. The Kier molecular flexibility index (Phi) is 3.83. The van der Waals surface area contributed by atoms with Gasteiger partial charge in [-0.3, -0.25) is 9.36 Å². The van der Waals surface area contributed by atoms with Crippen molar-refractivity contribution >= 4 is 5.97 Å². The quantitative estimate of drug-likeness (QED) is 0.933. The Morgan fingerprint density at radius 2 is 1.91 bits per heavy atom. The van der Waals surface area contributed by atoms with Crippen molar-refractivity contribution in [1.82, 2.24) is 9.55 Å². The average molecular weight is 297 g/mol. The number of aryl methyl sites for hydroxylation is 1. The number of nitrogens with zero attached hydrogens (tertiary/aromatic N) is 3. The maximum absolute atomic E-state index is 12.4. The second kappa shape index (κ2) is 5.45. The minimum Gasteiger partial charge on any atom is -0.480 e. The van der Waals surface area contributed by atoms with Crippen LogP contribution < -0.4 is 5.56 Å². The topological polar surface area (TPSA) is 96.0 Å². The van der Waals surface area contributed by atoms with E-state index < -0.39 is 17.1 Å². The monoisotopic (exact) mass is 297 g/mol. The number of carbonyl (C=O) groups is 1. The summed E-state index contributed by atoms with van der Waals surface area (Å²) in [6.07, 6.45) is 1.17. The van der Waals surface area contributed by atoms with E-state index in [0.29, 0.717) is 5.56 Å². The number of rotatable bonds is 3. The molecule has 2 aromatic rings. The largest absolute Gasteiger partial charge is 0.480 e. The smallest absolute Gasteiger partial charge is 0.329 e. The Bertz CT molecular complexity index is 827. The zero-order valence-corrected chi connectivity index (χ0v) is 12.5. The molecule has 0 unspecified atom stereocenters. The van der Waals surface area contributed by atoms with E-state index in [1.165, 1.54) is 20.2 Å². The van der Waals surface area contributed by atoms with Gasteiger partial charge in [0.25, 0.3) is 5.56 Å². The fourth-order valence-corrected chi connectivity index (χ4v) is 1.99. The highest BCUT2D eigenvalue weighted by molar-refractivity contribution is 5.76. The molecule has 2 rings (SSSR count). The van der Waals surface area contributed by atoms with Gasteiger partial charge in [-0.1, -0.05) is 29.8 Å². The summed E-state index contributed by atoms with van der Waals surface area (Å²) in [5.41, 5.74) is -0.380. The molecular weight excluding hydrogens is 282 g/mol. The van der Waals surface area contributed by atoms with E-state index in [0.717, 1.165) is 10.1 Å².